The second-order valence-corrected chi connectivity index (χ2v) is 5.82. The minimum Gasteiger partial charge on any atom is -0.393 e. The number of aliphatic hydroxyl groups is 1. The average molecular weight is 227 g/mol. The number of hydrogen-bond donors (Lipinski definition) is 2. The molecule has 1 fully saturated rings. The lowest BCUT2D eigenvalue weighted by atomic mass is 9.82. The van der Waals surface area contributed by atoms with Crippen LogP contribution in [-0.4, -0.2) is 24.3 Å². The smallest absolute Gasteiger partial charge is 0.0577 e. The summed E-state index contributed by atoms with van der Waals surface area (Å²) >= 11 is 0. The van der Waals surface area contributed by atoms with E-state index in [9.17, 15) is 5.11 Å². The Bertz CT molecular complexity index is 187. The molecule has 1 saturated carbocycles. The summed E-state index contributed by atoms with van der Waals surface area (Å²) in [7, 11) is 0. The monoisotopic (exact) mass is 227 g/mol. The first-order chi connectivity index (χ1) is 7.58. The van der Waals surface area contributed by atoms with Crippen molar-refractivity contribution in [1.29, 1.82) is 0 Å². The van der Waals surface area contributed by atoms with Gasteiger partial charge in [-0.25, -0.2) is 0 Å². The van der Waals surface area contributed by atoms with Crippen LogP contribution in [0.15, 0.2) is 0 Å². The molecule has 0 aliphatic heterocycles. The van der Waals surface area contributed by atoms with Gasteiger partial charge in [0, 0.05) is 12.0 Å². The summed E-state index contributed by atoms with van der Waals surface area (Å²) in [6, 6.07) is 0. The van der Waals surface area contributed by atoms with Gasteiger partial charge >= 0.3 is 0 Å². The lowest BCUT2D eigenvalue weighted by Crippen LogP contribution is -2.41. The fraction of sp³-hybridized carbons (Fsp3) is 1.00. The van der Waals surface area contributed by atoms with Crippen LogP contribution in [0.1, 0.15) is 59.3 Å². The van der Waals surface area contributed by atoms with Gasteiger partial charge in [-0.2, -0.15) is 0 Å². The molecule has 2 nitrogen and oxygen atoms in total. The predicted octanol–water partition coefficient (Wildman–Crippen LogP) is 2.95. The molecule has 2 unspecified atom stereocenters. The van der Waals surface area contributed by atoms with Crippen LogP contribution >= 0.6 is 0 Å². The van der Waals surface area contributed by atoms with Gasteiger partial charge in [0.15, 0.2) is 0 Å². The van der Waals surface area contributed by atoms with Gasteiger partial charge in [0.05, 0.1) is 6.10 Å². The molecule has 0 bridgehead atoms. The lowest BCUT2D eigenvalue weighted by Gasteiger charge is -2.33. The maximum atomic E-state index is 9.77. The van der Waals surface area contributed by atoms with Crippen molar-refractivity contribution in [2.24, 2.45) is 11.3 Å². The van der Waals surface area contributed by atoms with Gasteiger partial charge < -0.3 is 10.4 Å². The van der Waals surface area contributed by atoms with Crippen LogP contribution in [0.25, 0.3) is 0 Å². The van der Waals surface area contributed by atoms with E-state index in [1.54, 1.807) is 0 Å². The lowest BCUT2D eigenvalue weighted by molar-refractivity contribution is 0.0481. The van der Waals surface area contributed by atoms with E-state index < -0.39 is 0 Å². The van der Waals surface area contributed by atoms with Gasteiger partial charge in [-0.15, -0.1) is 0 Å². The molecule has 0 aromatic carbocycles. The highest BCUT2D eigenvalue weighted by Gasteiger charge is 2.27. The first-order valence-corrected chi connectivity index (χ1v) is 6.97. The minimum atomic E-state index is -0.226. The van der Waals surface area contributed by atoms with Crippen molar-refractivity contribution in [2.75, 3.05) is 13.1 Å². The first kappa shape index (κ1) is 14.0. The van der Waals surface area contributed by atoms with Crippen molar-refractivity contribution in [3.8, 4) is 0 Å². The van der Waals surface area contributed by atoms with E-state index in [0.717, 1.165) is 25.4 Å². The summed E-state index contributed by atoms with van der Waals surface area (Å²) in [5, 5.41) is 13.3. The Kier molecular flexibility index (Phi) is 5.77. The molecule has 1 rings (SSSR count). The fourth-order valence-corrected chi connectivity index (χ4v) is 2.52. The first-order valence-electron chi connectivity index (χ1n) is 6.97. The van der Waals surface area contributed by atoms with Crippen LogP contribution in [0.5, 0.6) is 0 Å². The molecule has 0 amide bonds. The molecule has 0 radical (unpaired) electrons. The molecule has 96 valence electrons. The van der Waals surface area contributed by atoms with E-state index in [4.69, 9.17) is 0 Å². The van der Waals surface area contributed by atoms with Crippen molar-refractivity contribution >= 4 is 0 Å². The van der Waals surface area contributed by atoms with Crippen molar-refractivity contribution in [3.05, 3.63) is 0 Å². The summed E-state index contributed by atoms with van der Waals surface area (Å²) in [5.74, 6) is 0.879. The van der Waals surface area contributed by atoms with Gasteiger partial charge in [0.25, 0.3) is 0 Å². The van der Waals surface area contributed by atoms with Crippen LogP contribution in [0.2, 0.25) is 0 Å². The molecule has 16 heavy (non-hydrogen) atoms. The van der Waals surface area contributed by atoms with E-state index in [1.165, 1.54) is 32.1 Å². The number of hydrogen-bond acceptors (Lipinski definition) is 2. The average Bonchev–Trinajstić information content (AvgIpc) is 2.30. The quantitative estimate of drug-likeness (QED) is 0.731. The SMILES string of the molecule is CCC(C)(CNCC1CCCCC1)C(C)O. The molecule has 1 aliphatic carbocycles. The van der Waals surface area contributed by atoms with Crippen molar-refractivity contribution in [3.63, 3.8) is 0 Å². The highest BCUT2D eigenvalue weighted by atomic mass is 16.3. The van der Waals surface area contributed by atoms with Gasteiger partial charge in [-0.1, -0.05) is 33.1 Å². The summed E-state index contributed by atoms with van der Waals surface area (Å²) in [4.78, 5) is 0. The Morgan fingerprint density at radius 2 is 1.94 bits per heavy atom. The maximum Gasteiger partial charge on any atom is 0.0577 e. The normalized spacial score (nSPS) is 24.0. The van der Waals surface area contributed by atoms with Crippen molar-refractivity contribution in [1.82, 2.24) is 5.32 Å². The summed E-state index contributed by atoms with van der Waals surface area (Å²) in [6.45, 7) is 8.33. The van der Waals surface area contributed by atoms with E-state index in [1.807, 2.05) is 6.92 Å². The molecule has 0 saturated heterocycles. The third-order valence-electron chi connectivity index (χ3n) is 4.50. The Hall–Kier alpha value is -0.0800. The third-order valence-corrected chi connectivity index (χ3v) is 4.50. The molecule has 1 aliphatic rings. The van der Waals surface area contributed by atoms with Crippen LogP contribution in [0, 0.1) is 11.3 Å². The molecular weight excluding hydrogens is 198 g/mol. The Balaban J connectivity index is 2.22. The molecule has 2 atom stereocenters. The molecule has 2 heteroatoms. The largest absolute Gasteiger partial charge is 0.393 e. The van der Waals surface area contributed by atoms with Gasteiger partial charge in [0.1, 0.15) is 0 Å². The number of nitrogens with one attached hydrogen (secondary N) is 1. The topological polar surface area (TPSA) is 32.3 Å². The summed E-state index contributed by atoms with van der Waals surface area (Å²) in [5.41, 5.74) is 0.0364. The molecule has 0 aromatic rings. The second kappa shape index (κ2) is 6.61. The summed E-state index contributed by atoms with van der Waals surface area (Å²) < 4.78 is 0. The Morgan fingerprint density at radius 1 is 1.31 bits per heavy atom. The van der Waals surface area contributed by atoms with E-state index in [0.29, 0.717) is 0 Å². The van der Waals surface area contributed by atoms with Gasteiger partial charge in [0.2, 0.25) is 0 Å². The zero-order valence-corrected chi connectivity index (χ0v) is 11.3. The van der Waals surface area contributed by atoms with E-state index in [-0.39, 0.29) is 11.5 Å². The zero-order valence-electron chi connectivity index (χ0n) is 11.3. The van der Waals surface area contributed by atoms with Crippen LogP contribution in [-0.2, 0) is 0 Å². The fourth-order valence-electron chi connectivity index (χ4n) is 2.52. The predicted molar refractivity (Wildman–Crippen MR) is 69.5 cm³/mol. The number of rotatable bonds is 6. The van der Waals surface area contributed by atoms with Crippen molar-refractivity contribution in [2.45, 2.75) is 65.4 Å². The molecular formula is C14H29NO. The minimum absolute atomic E-state index is 0.0364. The second-order valence-electron chi connectivity index (χ2n) is 5.82. The number of aliphatic hydroxyl groups excluding tert-OH is 1. The maximum absolute atomic E-state index is 9.77. The molecule has 0 aromatic heterocycles. The van der Waals surface area contributed by atoms with E-state index in [2.05, 4.69) is 19.2 Å². The molecule has 0 heterocycles. The van der Waals surface area contributed by atoms with E-state index >= 15 is 0 Å². The third kappa shape index (κ3) is 4.06. The molecule has 2 N–H and O–H groups in total. The van der Waals surface area contributed by atoms with Crippen LogP contribution in [0.3, 0.4) is 0 Å². The van der Waals surface area contributed by atoms with Crippen LogP contribution < -0.4 is 5.32 Å². The molecule has 0 spiro atoms. The van der Waals surface area contributed by atoms with Gasteiger partial charge in [-0.3, -0.25) is 0 Å². The zero-order chi connectivity index (χ0) is 12.0. The highest BCUT2D eigenvalue weighted by molar-refractivity contribution is 4.81. The van der Waals surface area contributed by atoms with Crippen LogP contribution in [0.4, 0.5) is 0 Å². The highest BCUT2D eigenvalue weighted by Crippen LogP contribution is 2.26. The Labute approximate surface area is 101 Å². The summed E-state index contributed by atoms with van der Waals surface area (Å²) in [6.07, 6.45) is 7.84. The van der Waals surface area contributed by atoms with Gasteiger partial charge in [-0.05, 0) is 38.6 Å². The Morgan fingerprint density at radius 3 is 2.44 bits per heavy atom. The van der Waals surface area contributed by atoms with Crippen molar-refractivity contribution < 1.29 is 5.11 Å². The standard InChI is InChI=1S/C14H29NO/c1-4-14(3,12(2)16)11-15-10-13-8-6-5-7-9-13/h12-13,15-16H,4-11H2,1-3H3.